The Morgan fingerprint density at radius 2 is 1.80 bits per heavy atom. The molecule has 1 saturated carbocycles. The molecule has 1 aliphatic carbocycles. The molecule has 2 saturated heterocycles. The number of imide groups is 2. The second kappa shape index (κ2) is 7.59. The standard InChI is InChI=1S/C22H26N4O4/c27-19-6-5-18(20(28)24-19)26-21(29)16-4-3-14(10-17(16)22(26)30)12-25-8-7-23-11-15(25)9-13-1-2-13/h3-4,10,13,15,18,23H,1-2,5-9,11-12H2,(H,24,27,28). The summed E-state index contributed by atoms with van der Waals surface area (Å²) in [6.45, 7) is 3.64. The van der Waals surface area contributed by atoms with Crippen LogP contribution >= 0.6 is 0 Å². The lowest BCUT2D eigenvalue weighted by molar-refractivity contribution is -0.136. The van der Waals surface area contributed by atoms with Crippen molar-refractivity contribution in [1.29, 1.82) is 0 Å². The van der Waals surface area contributed by atoms with Gasteiger partial charge in [-0.1, -0.05) is 18.9 Å². The summed E-state index contributed by atoms with van der Waals surface area (Å²) in [6.07, 6.45) is 4.16. The molecule has 8 nitrogen and oxygen atoms in total. The molecule has 3 heterocycles. The molecular formula is C22H26N4O4. The van der Waals surface area contributed by atoms with E-state index in [2.05, 4.69) is 15.5 Å². The maximum Gasteiger partial charge on any atom is 0.262 e. The predicted octanol–water partition coefficient (Wildman–Crippen LogP) is 0.662. The van der Waals surface area contributed by atoms with E-state index in [4.69, 9.17) is 0 Å². The summed E-state index contributed by atoms with van der Waals surface area (Å²) in [7, 11) is 0. The van der Waals surface area contributed by atoms with Gasteiger partial charge in [0.25, 0.3) is 11.8 Å². The molecule has 3 aliphatic heterocycles. The first kappa shape index (κ1) is 19.4. The first-order valence-electron chi connectivity index (χ1n) is 10.8. The van der Waals surface area contributed by atoms with E-state index in [9.17, 15) is 19.2 Å². The topological polar surface area (TPSA) is 98.8 Å². The molecule has 4 amide bonds. The zero-order chi connectivity index (χ0) is 20.8. The highest BCUT2D eigenvalue weighted by Crippen LogP contribution is 2.35. The molecule has 0 radical (unpaired) electrons. The zero-order valence-corrected chi connectivity index (χ0v) is 16.9. The number of hydrogen-bond donors (Lipinski definition) is 2. The van der Waals surface area contributed by atoms with Crippen molar-refractivity contribution in [2.75, 3.05) is 19.6 Å². The number of nitrogens with zero attached hydrogens (tertiary/aromatic N) is 2. The fourth-order valence-corrected chi connectivity index (χ4v) is 4.83. The Kier molecular flexibility index (Phi) is 4.91. The van der Waals surface area contributed by atoms with Gasteiger partial charge in [-0.2, -0.15) is 0 Å². The van der Waals surface area contributed by atoms with Gasteiger partial charge in [0, 0.05) is 38.6 Å². The molecule has 4 aliphatic rings. The molecule has 8 heteroatoms. The number of amides is 4. The smallest absolute Gasteiger partial charge is 0.262 e. The number of piperazine rings is 1. The van der Waals surface area contributed by atoms with Gasteiger partial charge in [-0.25, -0.2) is 0 Å². The van der Waals surface area contributed by atoms with Crippen molar-refractivity contribution < 1.29 is 19.2 Å². The maximum atomic E-state index is 13.0. The van der Waals surface area contributed by atoms with Crippen LogP contribution in [0.15, 0.2) is 18.2 Å². The van der Waals surface area contributed by atoms with Crippen molar-refractivity contribution in [1.82, 2.24) is 20.4 Å². The third-order valence-electron chi connectivity index (χ3n) is 6.66. The van der Waals surface area contributed by atoms with E-state index >= 15 is 0 Å². The van der Waals surface area contributed by atoms with E-state index in [0.717, 1.165) is 42.6 Å². The van der Waals surface area contributed by atoms with Gasteiger partial charge in [0.2, 0.25) is 11.8 Å². The van der Waals surface area contributed by atoms with Crippen LogP contribution in [0.1, 0.15) is 58.4 Å². The SMILES string of the molecule is O=C1CCC(N2C(=O)c3ccc(CN4CCNCC4CC4CC4)cc3C2=O)C(=O)N1. The third kappa shape index (κ3) is 3.54. The molecule has 0 bridgehead atoms. The van der Waals surface area contributed by atoms with Crippen LogP contribution in [0, 0.1) is 5.92 Å². The normalized spacial score (nSPS) is 27.4. The summed E-state index contributed by atoms with van der Waals surface area (Å²) in [5.41, 5.74) is 1.70. The van der Waals surface area contributed by atoms with Crippen molar-refractivity contribution in [2.45, 2.75) is 50.7 Å². The first-order valence-corrected chi connectivity index (χ1v) is 10.8. The lowest BCUT2D eigenvalue weighted by Gasteiger charge is -2.36. The van der Waals surface area contributed by atoms with E-state index in [-0.39, 0.29) is 18.7 Å². The minimum absolute atomic E-state index is 0.125. The highest BCUT2D eigenvalue weighted by atomic mass is 16.2. The number of piperidine rings is 1. The van der Waals surface area contributed by atoms with Gasteiger partial charge < -0.3 is 5.32 Å². The summed E-state index contributed by atoms with van der Waals surface area (Å²) in [6, 6.07) is 4.99. The quantitative estimate of drug-likeness (QED) is 0.692. The number of rotatable bonds is 5. The number of carbonyl (C=O) groups is 4. The van der Waals surface area contributed by atoms with Gasteiger partial charge in [0.1, 0.15) is 6.04 Å². The van der Waals surface area contributed by atoms with E-state index in [1.807, 2.05) is 6.07 Å². The fourth-order valence-electron chi connectivity index (χ4n) is 4.83. The van der Waals surface area contributed by atoms with E-state index < -0.39 is 23.8 Å². The van der Waals surface area contributed by atoms with Crippen LogP contribution in [0.25, 0.3) is 0 Å². The Hall–Kier alpha value is -2.58. The number of hydrogen-bond acceptors (Lipinski definition) is 6. The van der Waals surface area contributed by atoms with Gasteiger partial charge in [0.15, 0.2) is 0 Å². The molecule has 3 fully saturated rings. The second-order valence-corrected chi connectivity index (χ2v) is 8.83. The summed E-state index contributed by atoms with van der Waals surface area (Å²) in [4.78, 5) is 53.0. The molecule has 158 valence electrons. The number of carbonyl (C=O) groups excluding carboxylic acids is 4. The Morgan fingerprint density at radius 3 is 2.57 bits per heavy atom. The maximum absolute atomic E-state index is 13.0. The second-order valence-electron chi connectivity index (χ2n) is 8.83. The van der Waals surface area contributed by atoms with Crippen molar-refractivity contribution >= 4 is 23.6 Å². The molecule has 2 atom stereocenters. The molecule has 5 rings (SSSR count). The van der Waals surface area contributed by atoms with Crippen LogP contribution in [-0.4, -0.2) is 65.1 Å². The zero-order valence-electron chi connectivity index (χ0n) is 16.9. The third-order valence-corrected chi connectivity index (χ3v) is 6.66. The van der Waals surface area contributed by atoms with Crippen LogP contribution in [0.3, 0.4) is 0 Å². The van der Waals surface area contributed by atoms with Gasteiger partial charge >= 0.3 is 0 Å². The van der Waals surface area contributed by atoms with E-state index in [0.29, 0.717) is 17.2 Å². The minimum atomic E-state index is -0.922. The van der Waals surface area contributed by atoms with Crippen molar-refractivity contribution in [2.24, 2.45) is 5.92 Å². The van der Waals surface area contributed by atoms with Crippen molar-refractivity contribution in [3.63, 3.8) is 0 Å². The lowest BCUT2D eigenvalue weighted by atomic mass is 10.0. The monoisotopic (exact) mass is 410 g/mol. The molecule has 30 heavy (non-hydrogen) atoms. The van der Waals surface area contributed by atoms with Gasteiger partial charge in [-0.05, 0) is 36.5 Å². The van der Waals surface area contributed by atoms with E-state index in [1.165, 1.54) is 19.3 Å². The molecule has 1 aromatic carbocycles. The molecule has 0 spiro atoms. The number of benzene rings is 1. The summed E-state index contributed by atoms with van der Waals surface area (Å²) in [5.74, 6) is -0.999. The van der Waals surface area contributed by atoms with Gasteiger partial charge in [0.05, 0.1) is 11.1 Å². The summed E-state index contributed by atoms with van der Waals surface area (Å²) < 4.78 is 0. The average Bonchev–Trinajstić information content (AvgIpc) is 3.51. The minimum Gasteiger partial charge on any atom is -0.314 e. The lowest BCUT2D eigenvalue weighted by Crippen LogP contribution is -2.54. The Balaban J connectivity index is 1.34. The predicted molar refractivity (Wildman–Crippen MR) is 108 cm³/mol. The number of nitrogens with one attached hydrogen (secondary N) is 2. The highest BCUT2D eigenvalue weighted by molar-refractivity contribution is 6.23. The molecule has 1 aromatic rings. The molecule has 2 unspecified atom stereocenters. The first-order chi connectivity index (χ1) is 14.5. The molecular weight excluding hydrogens is 384 g/mol. The summed E-state index contributed by atoms with van der Waals surface area (Å²) in [5, 5.41) is 5.71. The van der Waals surface area contributed by atoms with Crippen molar-refractivity contribution in [3.05, 3.63) is 34.9 Å². The average molecular weight is 410 g/mol. The largest absolute Gasteiger partial charge is 0.314 e. The fraction of sp³-hybridized carbons (Fsp3) is 0.545. The van der Waals surface area contributed by atoms with Crippen LogP contribution < -0.4 is 10.6 Å². The Labute approximate surface area is 175 Å². The van der Waals surface area contributed by atoms with Crippen LogP contribution in [0.4, 0.5) is 0 Å². The molecule has 2 N–H and O–H groups in total. The Morgan fingerprint density at radius 1 is 1.00 bits per heavy atom. The van der Waals surface area contributed by atoms with Crippen LogP contribution in [0.2, 0.25) is 0 Å². The number of fused-ring (bicyclic) bond motifs is 1. The highest BCUT2D eigenvalue weighted by Gasteiger charge is 2.44. The molecule has 0 aromatic heterocycles. The van der Waals surface area contributed by atoms with Crippen molar-refractivity contribution in [3.8, 4) is 0 Å². The van der Waals surface area contributed by atoms with Crippen LogP contribution in [0.5, 0.6) is 0 Å². The van der Waals surface area contributed by atoms with Crippen LogP contribution in [-0.2, 0) is 16.1 Å². The summed E-state index contributed by atoms with van der Waals surface area (Å²) >= 11 is 0. The van der Waals surface area contributed by atoms with E-state index in [1.54, 1.807) is 12.1 Å². The van der Waals surface area contributed by atoms with Gasteiger partial charge in [-0.3, -0.25) is 34.3 Å². The van der Waals surface area contributed by atoms with Gasteiger partial charge in [-0.15, -0.1) is 0 Å². The Bertz CT molecular complexity index is 926.